The molecule has 1 unspecified atom stereocenters. The number of rotatable bonds is 6. The number of fused-ring (bicyclic) bond motifs is 1. The third-order valence-corrected chi connectivity index (χ3v) is 3.89. The van der Waals surface area contributed by atoms with Gasteiger partial charge in [0.15, 0.2) is 11.5 Å². The van der Waals surface area contributed by atoms with E-state index in [0.29, 0.717) is 6.61 Å². The molecule has 0 saturated heterocycles. The van der Waals surface area contributed by atoms with Gasteiger partial charge in [-0.25, -0.2) is 0 Å². The predicted molar refractivity (Wildman–Crippen MR) is 83.0 cm³/mol. The standard InChI is InChI=1S/C16H24ClNO2/c1-3-4-8-18(2)12-14(17)13-6-7-15-16(11-13)20-10-5-9-19-15/h6-7,11,14H,3-5,8-10,12H2,1-2H3. The molecule has 1 aromatic carbocycles. The molecule has 4 heteroatoms. The molecule has 0 N–H and O–H groups in total. The van der Waals surface area contributed by atoms with Gasteiger partial charge in [-0.15, -0.1) is 11.6 Å². The molecular formula is C16H24ClNO2. The van der Waals surface area contributed by atoms with Crippen LogP contribution in [0.1, 0.15) is 37.1 Å². The Morgan fingerprint density at radius 1 is 1.25 bits per heavy atom. The Labute approximate surface area is 126 Å². The third kappa shape index (κ3) is 4.29. The van der Waals surface area contributed by atoms with E-state index >= 15 is 0 Å². The average Bonchev–Trinajstić information content (AvgIpc) is 2.69. The summed E-state index contributed by atoms with van der Waals surface area (Å²) in [4.78, 5) is 2.28. The van der Waals surface area contributed by atoms with Crippen LogP contribution in [0.4, 0.5) is 0 Å². The van der Waals surface area contributed by atoms with Crippen LogP contribution in [0.2, 0.25) is 0 Å². The SMILES string of the molecule is CCCCN(C)CC(Cl)c1ccc2c(c1)OCCCO2. The molecule has 0 saturated carbocycles. The van der Waals surface area contributed by atoms with Crippen molar-refractivity contribution in [2.75, 3.05) is 33.4 Å². The molecule has 0 aliphatic carbocycles. The normalized spacial score (nSPS) is 16.0. The van der Waals surface area contributed by atoms with Crippen LogP contribution in [0.3, 0.4) is 0 Å². The van der Waals surface area contributed by atoms with Crippen molar-refractivity contribution >= 4 is 11.6 Å². The minimum atomic E-state index is -0.0194. The highest BCUT2D eigenvalue weighted by molar-refractivity contribution is 6.21. The van der Waals surface area contributed by atoms with E-state index in [-0.39, 0.29) is 5.38 Å². The van der Waals surface area contributed by atoms with Gasteiger partial charge < -0.3 is 14.4 Å². The van der Waals surface area contributed by atoms with Crippen molar-refractivity contribution in [1.29, 1.82) is 0 Å². The summed E-state index contributed by atoms with van der Waals surface area (Å²) < 4.78 is 11.4. The van der Waals surface area contributed by atoms with E-state index in [2.05, 4.69) is 18.9 Å². The molecule has 1 atom stereocenters. The van der Waals surface area contributed by atoms with Crippen molar-refractivity contribution in [3.05, 3.63) is 23.8 Å². The molecule has 1 heterocycles. The minimum Gasteiger partial charge on any atom is -0.490 e. The summed E-state index contributed by atoms with van der Waals surface area (Å²) in [7, 11) is 2.12. The number of hydrogen-bond donors (Lipinski definition) is 0. The molecular weight excluding hydrogens is 274 g/mol. The molecule has 0 amide bonds. The smallest absolute Gasteiger partial charge is 0.161 e. The van der Waals surface area contributed by atoms with Gasteiger partial charge in [0.1, 0.15) is 0 Å². The Bertz CT molecular complexity index is 425. The van der Waals surface area contributed by atoms with E-state index < -0.39 is 0 Å². The number of hydrogen-bond acceptors (Lipinski definition) is 3. The molecule has 0 aromatic heterocycles. The van der Waals surface area contributed by atoms with Crippen LogP contribution >= 0.6 is 11.6 Å². The quantitative estimate of drug-likeness (QED) is 0.744. The zero-order valence-corrected chi connectivity index (χ0v) is 13.2. The molecule has 20 heavy (non-hydrogen) atoms. The first-order valence-corrected chi connectivity index (χ1v) is 7.86. The van der Waals surface area contributed by atoms with Gasteiger partial charge >= 0.3 is 0 Å². The van der Waals surface area contributed by atoms with Crippen molar-refractivity contribution in [2.45, 2.75) is 31.6 Å². The third-order valence-electron chi connectivity index (χ3n) is 3.50. The first-order valence-electron chi connectivity index (χ1n) is 7.43. The summed E-state index contributed by atoms with van der Waals surface area (Å²) in [5.41, 5.74) is 1.10. The van der Waals surface area contributed by atoms with E-state index in [9.17, 15) is 0 Å². The predicted octanol–water partition coefficient (Wildman–Crippen LogP) is 3.86. The maximum absolute atomic E-state index is 6.53. The van der Waals surface area contributed by atoms with Gasteiger partial charge in [0.05, 0.1) is 18.6 Å². The Hall–Kier alpha value is -0.930. The van der Waals surface area contributed by atoms with Crippen LogP contribution in [0.25, 0.3) is 0 Å². The number of nitrogens with zero attached hydrogens (tertiary/aromatic N) is 1. The molecule has 0 fully saturated rings. The van der Waals surface area contributed by atoms with Crippen LogP contribution in [-0.4, -0.2) is 38.3 Å². The number of ether oxygens (including phenoxy) is 2. The van der Waals surface area contributed by atoms with Crippen LogP contribution in [0.15, 0.2) is 18.2 Å². The van der Waals surface area contributed by atoms with Gasteiger partial charge in [0.25, 0.3) is 0 Å². The molecule has 112 valence electrons. The highest BCUT2D eigenvalue weighted by Gasteiger charge is 2.16. The summed E-state index contributed by atoms with van der Waals surface area (Å²) in [6.07, 6.45) is 3.34. The van der Waals surface area contributed by atoms with Gasteiger partial charge in [0.2, 0.25) is 0 Å². The second-order valence-electron chi connectivity index (χ2n) is 5.34. The second-order valence-corrected chi connectivity index (χ2v) is 5.87. The molecule has 0 radical (unpaired) electrons. The average molecular weight is 298 g/mol. The van der Waals surface area contributed by atoms with E-state index in [1.165, 1.54) is 12.8 Å². The van der Waals surface area contributed by atoms with Crippen molar-refractivity contribution in [1.82, 2.24) is 4.90 Å². The Morgan fingerprint density at radius 2 is 2.00 bits per heavy atom. The zero-order chi connectivity index (χ0) is 14.4. The van der Waals surface area contributed by atoms with Crippen molar-refractivity contribution < 1.29 is 9.47 Å². The van der Waals surface area contributed by atoms with E-state index in [1.807, 2.05) is 18.2 Å². The maximum Gasteiger partial charge on any atom is 0.161 e. The summed E-state index contributed by atoms with van der Waals surface area (Å²) in [5, 5.41) is -0.0194. The molecule has 3 nitrogen and oxygen atoms in total. The molecule has 1 aromatic rings. The number of unbranched alkanes of at least 4 members (excludes halogenated alkanes) is 1. The fourth-order valence-corrected chi connectivity index (χ4v) is 2.64. The molecule has 0 bridgehead atoms. The minimum absolute atomic E-state index is 0.0194. The number of halogens is 1. The van der Waals surface area contributed by atoms with Gasteiger partial charge in [0, 0.05) is 13.0 Å². The van der Waals surface area contributed by atoms with Crippen molar-refractivity contribution in [3.63, 3.8) is 0 Å². The maximum atomic E-state index is 6.53. The van der Waals surface area contributed by atoms with Crippen LogP contribution in [0.5, 0.6) is 11.5 Å². The lowest BCUT2D eigenvalue weighted by Gasteiger charge is -2.20. The van der Waals surface area contributed by atoms with Crippen LogP contribution in [0, 0.1) is 0 Å². The molecule has 1 aliphatic heterocycles. The summed E-state index contributed by atoms with van der Waals surface area (Å²) in [5.74, 6) is 1.65. The van der Waals surface area contributed by atoms with E-state index in [1.54, 1.807) is 0 Å². The molecule has 2 rings (SSSR count). The Balaban J connectivity index is 1.99. The monoisotopic (exact) mass is 297 g/mol. The highest BCUT2D eigenvalue weighted by atomic mass is 35.5. The van der Waals surface area contributed by atoms with Crippen LogP contribution in [-0.2, 0) is 0 Å². The number of likely N-dealkylation sites (N-methyl/N-ethyl adjacent to an activating group) is 1. The fraction of sp³-hybridized carbons (Fsp3) is 0.625. The molecule has 1 aliphatic rings. The Kier molecular flexibility index (Phi) is 5.99. The summed E-state index contributed by atoms with van der Waals surface area (Å²) in [6, 6.07) is 6.03. The Morgan fingerprint density at radius 3 is 2.75 bits per heavy atom. The first-order chi connectivity index (χ1) is 9.70. The lowest BCUT2D eigenvalue weighted by Crippen LogP contribution is -2.23. The topological polar surface area (TPSA) is 21.7 Å². The first kappa shape index (κ1) is 15.5. The highest BCUT2D eigenvalue weighted by Crippen LogP contribution is 2.34. The number of benzene rings is 1. The second kappa shape index (κ2) is 7.75. The number of alkyl halides is 1. The van der Waals surface area contributed by atoms with Crippen molar-refractivity contribution in [3.8, 4) is 11.5 Å². The summed E-state index contributed by atoms with van der Waals surface area (Å²) >= 11 is 6.53. The molecule has 0 spiro atoms. The van der Waals surface area contributed by atoms with Gasteiger partial charge in [-0.3, -0.25) is 0 Å². The van der Waals surface area contributed by atoms with Gasteiger partial charge in [-0.1, -0.05) is 19.4 Å². The zero-order valence-electron chi connectivity index (χ0n) is 12.4. The lowest BCUT2D eigenvalue weighted by molar-refractivity contribution is 0.297. The van der Waals surface area contributed by atoms with Crippen molar-refractivity contribution in [2.24, 2.45) is 0 Å². The summed E-state index contributed by atoms with van der Waals surface area (Å²) in [6.45, 7) is 5.57. The van der Waals surface area contributed by atoms with Gasteiger partial charge in [-0.2, -0.15) is 0 Å². The van der Waals surface area contributed by atoms with E-state index in [4.69, 9.17) is 21.1 Å². The van der Waals surface area contributed by atoms with Gasteiger partial charge in [-0.05, 0) is 37.7 Å². The lowest BCUT2D eigenvalue weighted by atomic mass is 10.1. The van der Waals surface area contributed by atoms with Crippen LogP contribution < -0.4 is 9.47 Å². The largest absolute Gasteiger partial charge is 0.490 e. The van der Waals surface area contributed by atoms with E-state index in [0.717, 1.165) is 43.2 Å². The fourth-order valence-electron chi connectivity index (χ4n) is 2.27.